The number of aromatic nitrogens is 1. The maximum Gasteiger partial charge on any atom is 0.306 e. The zero-order valence-corrected chi connectivity index (χ0v) is 10.1. The maximum absolute atomic E-state index is 10.8. The van der Waals surface area contributed by atoms with Crippen LogP contribution in [-0.4, -0.2) is 33.5 Å². The molecule has 1 fully saturated rings. The highest BCUT2D eigenvalue weighted by Gasteiger charge is 2.35. The van der Waals surface area contributed by atoms with Crippen LogP contribution in [0.1, 0.15) is 31.4 Å². The summed E-state index contributed by atoms with van der Waals surface area (Å²) in [6.45, 7) is 0.993. The lowest BCUT2D eigenvalue weighted by Crippen LogP contribution is -2.44. The second kappa shape index (κ2) is 5.49. The summed E-state index contributed by atoms with van der Waals surface area (Å²) in [5.74, 6) is -1.06. The molecule has 1 saturated carbocycles. The van der Waals surface area contributed by atoms with Crippen molar-refractivity contribution in [2.45, 2.75) is 37.8 Å². The zero-order chi connectivity index (χ0) is 13.0. The molecule has 2 rings (SSSR count). The average molecular weight is 254 g/mol. The van der Waals surface area contributed by atoms with Gasteiger partial charge in [-0.05, 0) is 25.7 Å². The molecule has 0 aliphatic heterocycles. The number of carboxylic acid groups (broad SMARTS) is 1. The number of aliphatic hydroxyl groups is 1. The summed E-state index contributed by atoms with van der Waals surface area (Å²) < 4.78 is 4.70. The van der Waals surface area contributed by atoms with E-state index >= 15 is 0 Å². The molecule has 0 saturated heterocycles. The molecule has 1 heterocycles. The lowest BCUT2D eigenvalue weighted by molar-refractivity contribution is -0.144. The van der Waals surface area contributed by atoms with Gasteiger partial charge < -0.3 is 20.1 Å². The number of carboxylic acids is 1. The minimum absolute atomic E-state index is 0.305. The third kappa shape index (κ3) is 3.30. The third-order valence-corrected chi connectivity index (χ3v) is 3.52. The van der Waals surface area contributed by atoms with Crippen molar-refractivity contribution in [2.24, 2.45) is 5.92 Å². The molecule has 100 valence electrons. The minimum Gasteiger partial charge on any atom is -0.481 e. The summed E-state index contributed by atoms with van der Waals surface area (Å²) in [5.41, 5.74) is -0.00630. The quantitative estimate of drug-likeness (QED) is 0.718. The summed E-state index contributed by atoms with van der Waals surface area (Å²) in [6, 6.07) is 1.76. The summed E-state index contributed by atoms with van der Waals surface area (Å²) in [4.78, 5) is 10.8. The van der Waals surface area contributed by atoms with Gasteiger partial charge in [-0.15, -0.1) is 0 Å². The van der Waals surface area contributed by atoms with Crippen LogP contribution in [0.15, 0.2) is 16.9 Å². The van der Waals surface area contributed by atoms with E-state index in [-0.39, 0.29) is 5.92 Å². The van der Waals surface area contributed by atoms with E-state index in [0.29, 0.717) is 38.8 Å². The van der Waals surface area contributed by atoms with Crippen LogP contribution in [0.4, 0.5) is 0 Å². The van der Waals surface area contributed by atoms with Crippen LogP contribution < -0.4 is 5.32 Å². The van der Waals surface area contributed by atoms with Crippen LogP contribution in [0.25, 0.3) is 0 Å². The minimum atomic E-state index is -0.796. The van der Waals surface area contributed by atoms with Gasteiger partial charge in [-0.2, -0.15) is 0 Å². The number of nitrogens with one attached hydrogen (secondary N) is 1. The van der Waals surface area contributed by atoms with Gasteiger partial charge in [0.15, 0.2) is 0 Å². The summed E-state index contributed by atoms with van der Waals surface area (Å²) in [5, 5.41) is 26.1. The Hall–Kier alpha value is -1.40. The zero-order valence-electron chi connectivity index (χ0n) is 10.1. The second-order valence-electron chi connectivity index (χ2n) is 4.93. The highest BCUT2D eigenvalue weighted by molar-refractivity contribution is 5.70. The molecule has 0 amide bonds. The largest absolute Gasteiger partial charge is 0.481 e. The molecule has 0 radical (unpaired) electrons. The van der Waals surface area contributed by atoms with E-state index in [9.17, 15) is 9.90 Å². The Bertz CT molecular complexity index is 383. The molecule has 3 N–H and O–H groups in total. The van der Waals surface area contributed by atoms with Gasteiger partial charge in [0.05, 0.1) is 17.2 Å². The smallest absolute Gasteiger partial charge is 0.306 e. The molecule has 0 aromatic carbocycles. The number of aliphatic carboxylic acids is 1. The molecular weight excluding hydrogens is 236 g/mol. The second-order valence-corrected chi connectivity index (χ2v) is 4.93. The number of hydrogen-bond donors (Lipinski definition) is 3. The van der Waals surface area contributed by atoms with Gasteiger partial charge in [-0.3, -0.25) is 4.79 Å². The van der Waals surface area contributed by atoms with Crippen molar-refractivity contribution >= 4 is 5.97 Å². The van der Waals surface area contributed by atoms with Gasteiger partial charge >= 0.3 is 5.97 Å². The summed E-state index contributed by atoms with van der Waals surface area (Å²) in [7, 11) is 0. The summed E-state index contributed by atoms with van der Waals surface area (Å²) >= 11 is 0. The Morgan fingerprint density at radius 2 is 2.28 bits per heavy atom. The van der Waals surface area contributed by atoms with E-state index in [1.165, 1.54) is 6.26 Å². The fourth-order valence-electron chi connectivity index (χ4n) is 2.33. The SMILES string of the molecule is O=C(O)C1CCC(O)(CNCc2ccon2)CC1. The number of nitrogens with zero attached hydrogens (tertiary/aromatic N) is 1. The molecule has 0 spiro atoms. The summed E-state index contributed by atoms with van der Waals surface area (Å²) in [6.07, 6.45) is 3.63. The van der Waals surface area contributed by atoms with Crippen LogP contribution in [0.3, 0.4) is 0 Å². The topological polar surface area (TPSA) is 95.6 Å². The van der Waals surface area contributed by atoms with Gasteiger partial charge in [0.2, 0.25) is 0 Å². The van der Waals surface area contributed by atoms with Gasteiger partial charge in [-0.1, -0.05) is 5.16 Å². The lowest BCUT2D eigenvalue weighted by Gasteiger charge is -2.34. The number of carbonyl (C=O) groups is 1. The first-order valence-corrected chi connectivity index (χ1v) is 6.14. The first-order valence-electron chi connectivity index (χ1n) is 6.14. The maximum atomic E-state index is 10.8. The van der Waals surface area contributed by atoms with E-state index in [1.807, 2.05) is 0 Å². The Morgan fingerprint density at radius 1 is 1.56 bits per heavy atom. The van der Waals surface area contributed by atoms with Crippen molar-refractivity contribution in [3.05, 3.63) is 18.0 Å². The fraction of sp³-hybridized carbons (Fsp3) is 0.667. The molecule has 6 nitrogen and oxygen atoms in total. The van der Waals surface area contributed by atoms with Gasteiger partial charge in [0.25, 0.3) is 0 Å². The highest BCUT2D eigenvalue weighted by Crippen LogP contribution is 2.31. The van der Waals surface area contributed by atoms with Gasteiger partial charge in [0, 0.05) is 19.2 Å². The Morgan fingerprint density at radius 3 is 2.83 bits per heavy atom. The Balaban J connectivity index is 1.74. The molecule has 0 unspecified atom stereocenters. The van der Waals surface area contributed by atoms with E-state index < -0.39 is 11.6 Å². The molecule has 6 heteroatoms. The van der Waals surface area contributed by atoms with Crippen molar-refractivity contribution in [2.75, 3.05) is 6.54 Å². The molecule has 1 aromatic heterocycles. The van der Waals surface area contributed by atoms with Crippen LogP contribution in [-0.2, 0) is 11.3 Å². The molecule has 0 bridgehead atoms. The molecular formula is C12H18N2O4. The number of rotatable bonds is 5. The van der Waals surface area contributed by atoms with Gasteiger partial charge in [-0.25, -0.2) is 0 Å². The first-order chi connectivity index (χ1) is 8.59. The average Bonchev–Trinajstić information content (AvgIpc) is 2.82. The van der Waals surface area contributed by atoms with E-state index in [4.69, 9.17) is 9.63 Å². The van der Waals surface area contributed by atoms with Crippen molar-refractivity contribution in [3.63, 3.8) is 0 Å². The van der Waals surface area contributed by atoms with E-state index in [2.05, 4.69) is 10.5 Å². The van der Waals surface area contributed by atoms with Crippen LogP contribution in [0.2, 0.25) is 0 Å². The Kier molecular flexibility index (Phi) is 3.98. The monoisotopic (exact) mass is 254 g/mol. The highest BCUT2D eigenvalue weighted by atomic mass is 16.5. The van der Waals surface area contributed by atoms with Crippen molar-refractivity contribution in [3.8, 4) is 0 Å². The standard InChI is InChI=1S/C12H18N2O4/c15-11(16)9-1-4-12(17,5-2-9)8-13-7-10-3-6-18-14-10/h3,6,9,13,17H,1-2,4-5,7-8H2,(H,15,16). The van der Waals surface area contributed by atoms with Crippen LogP contribution in [0, 0.1) is 5.92 Å². The van der Waals surface area contributed by atoms with Gasteiger partial charge in [0.1, 0.15) is 6.26 Å². The molecule has 1 aliphatic carbocycles. The van der Waals surface area contributed by atoms with Crippen molar-refractivity contribution < 1.29 is 19.5 Å². The lowest BCUT2D eigenvalue weighted by atomic mass is 9.79. The van der Waals surface area contributed by atoms with Crippen molar-refractivity contribution in [1.29, 1.82) is 0 Å². The van der Waals surface area contributed by atoms with Crippen LogP contribution >= 0.6 is 0 Å². The molecule has 1 aliphatic rings. The molecule has 0 atom stereocenters. The predicted octanol–water partition coefficient (Wildman–Crippen LogP) is 0.770. The predicted molar refractivity (Wildman–Crippen MR) is 62.8 cm³/mol. The van der Waals surface area contributed by atoms with Crippen molar-refractivity contribution in [1.82, 2.24) is 10.5 Å². The molecule has 18 heavy (non-hydrogen) atoms. The molecule has 1 aromatic rings. The van der Waals surface area contributed by atoms with E-state index in [1.54, 1.807) is 6.07 Å². The third-order valence-electron chi connectivity index (χ3n) is 3.52. The fourth-order valence-corrected chi connectivity index (χ4v) is 2.33. The Labute approximate surface area is 105 Å². The normalized spacial score (nSPS) is 28.2. The van der Waals surface area contributed by atoms with Crippen LogP contribution in [0.5, 0.6) is 0 Å². The number of hydrogen-bond acceptors (Lipinski definition) is 5. The first kappa shape index (κ1) is 13.0. The van der Waals surface area contributed by atoms with E-state index in [0.717, 1.165) is 5.69 Å².